The van der Waals surface area contributed by atoms with E-state index in [1.54, 1.807) is 13.1 Å². The van der Waals surface area contributed by atoms with Crippen LogP contribution in [-0.4, -0.2) is 25.2 Å². The van der Waals surface area contributed by atoms with Gasteiger partial charge in [0.15, 0.2) is 0 Å². The van der Waals surface area contributed by atoms with Gasteiger partial charge in [-0.1, -0.05) is 42.5 Å². The smallest absolute Gasteiger partial charge is 0.355 e. The third-order valence-electron chi connectivity index (χ3n) is 4.79. The number of benzene rings is 2. The molecule has 0 spiro atoms. The van der Waals surface area contributed by atoms with Gasteiger partial charge in [0.25, 0.3) is 5.91 Å². The van der Waals surface area contributed by atoms with Crippen LogP contribution in [0.15, 0.2) is 72.0 Å². The summed E-state index contributed by atoms with van der Waals surface area (Å²) in [5.74, 6) is -0.139. The van der Waals surface area contributed by atoms with Gasteiger partial charge in [0.2, 0.25) is 0 Å². The number of hydrogen-bond acceptors (Lipinski definition) is 2. The fraction of sp³-hybridized carbons (Fsp3) is 0.217. The summed E-state index contributed by atoms with van der Waals surface area (Å²) in [5.41, 5.74) is 2.95. The highest BCUT2D eigenvalue weighted by Crippen LogP contribution is 2.32. The van der Waals surface area contributed by atoms with Gasteiger partial charge in [0.05, 0.1) is 0 Å². The highest BCUT2D eigenvalue weighted by molar-refractivity contribution is 5.94. The third kappa shape index (κ3) is 6.21. The molecule has 162 valence electrons. The summed E-state index contributed by atoms with van der Waals surface area (Å²) in [6.45, 7) is 0.237. The number of amides is 3. The Morgan fingerprint density at radius 2 is 1.71 bits per heavy atom. The molecule has 0 fully saturated rings. The molecule has 0 saturated carbocycles. The molecule has 1 aliphatic carbocycles. The molecular formula is C23H22F3N3O2. The van der Waals surface area contributed by atoms with Crippen molar-refractivity contribution >= 4 is 11.9 Å². The molecule has 31 heavy (non-hydrogen) atoms. The van der Waals surface area contributed by atoms with Crippen LogP contribution in [0.4, 0.5) is 18.0 Å². The minimum atomic E-state index is -4.39. The Labute approximate surface area is 178 Å². The Hall–Kier alpha value is -3.55. The molecule has 0 unspecified atom stereocenters. The number of hydrogen-bond donors (Lipinski definition) is 3. The zero-order chi connectivity index (χ0) is 22.4. The monoisotopic (exact) mass is 429 g/mol. The van der Waals surface area contributed by atoms with Crippen molar-refractivity contribution in [2.75, 3.05) is 7.05 Å². The quantitative estimate of drug-likeness (QED) is 0.644. The van der Waals surface area contributed by atoms with Gasteiger partial charge in [-0.15, -0.1) is 0 Å². The van der Waals surface area contributed by atoms with E-state index in [1.807, 2.05) is 42.5 Å². The van der Waals surface area contributed by atoms with Crippen molar-refractivity contribution in [3.05, 3.63) is 94.2 Å². The molecule has 8 heteroatoms. The second-order valence-electron chi connectivity index (χ2n) is 7.11. The maximum atomic E-state index is 12.6. The summed E-state index contributed by atoms with van der Waals surface area (Å²) in [6, 6.07) is 14.4. The molecule has 5 nitrogen and oxygen atoms in total. The maximum Gasteiger partial charge on any atom is 0.413 e. The van der Waals surface area contributed by atoms with Gasteiger partial charge in [0.1, 0.15) is 0 Å². The lowest BCUT2D eigenvalue weighted by Crippen LogP contribution is -2.33. The van der Waals surface area contributed by atoms with Crippen molar-refractivity contribution in [1.29, 1.82) is 0 Å². The van der Waals surface area contributed by atoms with Crippen molar-refractivity contribution < 1.29 is 22.8 Å². The van der Waals surface area contributed by atoms with Crippen LogP contribution in [0.25, 0.3) is 0 Å². The summed E-state index contributed by atoms with van der Waals surface area (Å²) >= 11 is 0. The van der Waals surface area contributed by atoms with Crippen molar-refractivity contribution in [2.45, 2.75) is 25.6 Å². The Kier molecular flexibility index (Phi) is 6.79. The summed E-state index contributed by atoms with van der Waals surface area (Å²) in [5, 5.41) is 7.64. The van der Waals surface area contributed by atoms with Gasteiger partial charge < -0.3 is 16.0 Å². The van der Waals surface area contributed by atoms with Crippen LogP contribution in [0.1, 0.15) is 33.5 Å². The molecule has 0 bridgehead atoms. The van der Waals surface area contributed by atoms with Crippen molar-refractivity contribution in [3.63, 3.8) is 0 Å². The normalized spacial score (nSPS) is 13.3. The van der Waals surface area contributed by atoms with Crippen molar-refractivity contribution in [2.24, 2.45) is 0 Å². The van der Waals surface area contributed by atoms with Crippen molar-refractivity contribution in [3.8, 4) is 0 Å². The first kappa shape index (κ1) is 22.1. The van der Waals surface area contributed by atoms with E-state index in [-0.39, 0.29) is 24.6 Å². The lowest BCUT2D eigenvalue weighted by Gasteiger charge is -2.09. The summed E-state index contributed by atoms with van der Waals surface area (Å²) in [7, 11) is 1.59. The zero-order valence-electron chi connectivity index (χ0n) is 16.8. The second kappa shape index (κ2) is 9.51. The molecule has 1 aliphatic rings. The number of carbonyl (C=O) groups excluding carboxylic acids is 2. The van der Waals surface area contributed by atoms with Gasteiger partial charge in [-0.2, -0.15) is 13.2 Å². The van der Waals surface area contributed by atoms with E-state index in [0.29, 0.717) is 12.0 Å². The molecule has 0 saturated heterocycles. The molecule has 0 heterocycles. The minimum Gasteiger partial charge on any atom is -0.355 e. The number of rotatable bonds is 6. The third-order valence-corrected chi connectivity index (χ3v) is 4.79. The molecule has 0 atom stereocenters. The van der Waals surface area contributed by atoms with Crippen LogP contribution < -0.4 is 16.0 Å². The van der Waals surface area contributed by atoms with Crippen LogP contribution in [-0.2, 0) is 13.0 Å². The van der Waals surface area contributed by atoms with E-state index in [1.165, 1.54) is 6.08 Å². The topological polar surface area (TPSA) is 70.2 Å². The van der Waals surface area contributed by atoms with Gasteiger partial charge in [-0.05, 0) is 47.7 Å². The van der Waals surface area contributed by atoms with Gasteiger partial charge in [0, 0.05) is 30.4 Å². The van der Waals surface area contributed by atoms with E-state index in [4.69, 9.17) is 0 Å². The SMILES string of the molecule is CNC(=O)c1cccc(Cc2ccc(CNC(=O)NC3=CCC(C(F)(F)F)=C3)cc2)c1. The highest BCUT2D eigenvalue weighted by atomic mass is 19.4. The second-order valence-corrected chi connectivity index (χ2v) is 7.11. The van der Waals surface area contributed by atoms with E-state index in [2.05, 4.69) is 16.0 Å². The number of halogens is 3. The van der Waals surface area contributed by atoms with Gasteiger partial charge >= 0.3 is 12.2 Å². The molecule has 3 rings (SSSR count). The molecule has 3 amide bonds. The average Bonchev–Trinajstić information content (AvgIpc) is 3.22. The highest BCUT2D eigenvalue weighted by Gasteiger charge is 2.34. The van der Waals surface area contributed by atoms with E-state index < -0.39 is 17.8 Å². The number of allylic oxidation sites excluding steroid dienone is 3. The van der Waals surface area contributed by atoms with E-state index in [0.717, 1.165) is 22.8 Å². The van der Waals surface area contributed by atoms with Crippen LogP contribution >= 0.6 is 0 Å². The molecular weight excluding hydrogens is 407 g/mol. The van der Waals surface area contributed by atoms with Crippen LogP contribution in [0.2, 0.25) is 0 Å². The van der Waals surface area contributed by atoms with Gasteiger partial charge in [-0.3, -0.25) is 4.79 Å². The number of urea groups is 1. The predicted molar refractivity (Wildman–Crippen MR) is 111 cm³/mol. The summed E-state index contributed by atoms with van der Waals surface area (Å²) < 4.78 is 37.9. The summed E-state index contributed by atoms with van der Waals surface area (Å²) in [4.78, 5) is 23.7. The number of carbonyl (C=O) groups is 2. The lowest BCUT2D eigenvalue weighted by atomic mass is 10.0. The van der Waals surface area contributed by atoms with Crippen LogP contribution in [0.5, 0.6) is 0 Å². The molecule has 0 aromatic heterocycles. The van der Waals surface area contributed by atoms with Crippen molar-refractivity contribution in [1.82, 2.24) is 16.0 Å². The van der Waals surface area contributed by atoms with Gasteiger partial charge in [-0.25, -0.2) is 4.79 Å². The fourth-order valence-corrected chi connectivity index (χ4v) is 3.15. The Morgan fingerprint density at radius 3 is 2.35 bits per heavy atom. The fourth-order valence-electron chi connectivity index (χ4n) is 3.15. The Balaban J connectivity index is 1.50. The first-order valence-electron chi connectivity index (χ1n) is 9.66. The summed E-state index contributed by atoms with van der Waals surface area (Å²) in [6.07, 6.45) is -1.71. The van der Waals surface area contributed by atoms with E-state index >= 15 is 0 Å². The van der Waals surface area contributed by atoms with Crippen LogP contribution in [0, 0.1) is 0 Å². The number of alkyl halides is 3. The molecule has 0 radical (unpaired) electrons. The largest absolute Gasteiger partial charge is 0.413 e. The number of nitrogens with one attached hydrogen (secondary N) is 3. The molecule has 0 aliphatic heterocycles. The zero-order valence-corrected chi connectivity index (χ0v) is 16.8. The standard InChI is InChI=1S/C23H22F3N3O2/c1-27-21(30)18-4-2-3-17(12-18)11-15-5-7-16(8-6-15)14-28-22(31)29-20-10-9-19(13-20)23(24,25)26/h2-8,10,12-13H,9,11,14H2,1H3,(H,27,30)(H2,28,29,31). The predicted octanol–water partition coefficient (Wildman–Crippen LogP) is 4.21. The molecule has 2 aromatic carbocycles. The molecule has 3 N–H and O–H groups in total. The first-order chi connectivity index (χ1) is 14.7. The maximum absolute atomic E-state index is 12.6. The minimum absolute atomic E-state index is 0.138. The first-order valence-corrected chi connectivity index (χ1v) is 9.66. The molecule has 2 aromatic rings. The van der Waals surface area contributed by atoms with E-state index in [9.17, 15) is 22.8 Å². The Bertz CT molecular complexity index is 1030. The lowest BCUT2D eigenvalue weighted by molar-refractivity contribution is -0.0925. The van der Waals surface area contributed by atoms with Crippen LogP contribution in [0.3, 0.4) is 0 Å². The average molecular weight is 429 g/mol. The Morgan fingerprint density at radius 1 is 1.00 bits per heavy atom.